The van der Waals surface area contributed by atoms with Crippen molar-refractivity contribution in [3.05, 3.63) is 69.3 Å². The van der Waals surface area contributed by atoms with Crippen LogP contribution >= 0.6 is 0 Å². The summed E-state index contributed by atoms with van der Waals surface area (Å²) < 4.78 is 47.7. The molecule has 34 heavy (non-hydrogen) atoms. The number of hydrogen-bond donors (Lipinski definition) is 0. The van der Waals surface area contributed by atoms with Crippen LogP contribution in [0.5, 0.6) is 5.75 Å². The van der Waals surface area contributed by atoms with Crippen LogP contribution in [0.3, 0.4) is 0 Å². The maximum atomic E-state index is 12.7. The Kier molecular flexibility index (Phi) is 7.22. The van der Waals surface area contributed by atoms with Crippen molar-refractivity contribution in [3.8, 4) is 5.75 Å². The van der Waals surface area contributed by atoms with E-state index in [0.29, 0.717) is 48.7 Å². The lowest BCUT2D eigenvalue weighted by atomic mass is 10.1. The van der Waals surface area contributed by atoms with Crippen LogP contribution in [0.15, 0.2) is 47.4 Å². The quantitative estimate of drug-likeness (QED) is 0.248. The fourth-order valence-electron chi connectivity index (χ4n) is 3.54. The van der Waals surface area contributed by atoms with E-state index in [4.69, 9.17) is 18.9 Å². The number of ether oxygens (including phenoxy) is 4. The number of carbonyl (C=O) groups excluding carboxylic acids is 1. The molecule has 0 spiro atoms. The lowest BCUT2D eigenvalue weighted by Gasteiger charge is -2.26. The largest absolute Gasteiger partial charge is 0.467 e. The van der Waals surface area contributed by atoms with Crippen molar-refractivity contribution in [1.82, 2.24) is 4.31 Å². The van der Waals surface area contributed by atoms with Crippen LogP contribution in [0, 0.1) is 10.1 Å². The van der Waals surface area contributed by atoms with Crippen LogP contribution in [0.25, 0.3) is 6.08 Å². The molecule has 12 heteroatoms. The second-order valence-corrected chi connectivity index (χ2v) is 9.43. The van der Waals surface area contributed by atoms with Gasteiger partial charge in [-0.05, 0) is 23.8 Å². The molecule has 0 N–H and O–H groups in total. The zero-order valence-electron chi connectivity index (χ0n) is 18.0. The molecular formula is C22H22N2O9S. The Balaban J connectivity index is 1.39. The molecule has 180 valence electrons. The number of sulfonamides is 1. The average molecular weight is 490 g/mol. The van der Waals surface area contributed by atoms with Gasteiger partial charge in [-0.2, -0.15) is 4.31 Å². The van der Waals surface area contributed by atoms with Gasteiger partial charge in [0.15, 0.2) is 6.79 Å². The van der Waals surface area contributed by atoms with Crippen molar-refractivity contribution >= 4 is 27.8 Å². The summed E-state index contributed by atoms with van der Waals surface area (Å²) in [6.45, 7) is 1.29. The number of fused-ring (bicyclic) bond motifs is 1. The van der Waals surface area contributed by atoms with Gasteiger partial charge in [0, 0.05) is 42.4 Å². The molecule has 11 nitrogen and oxygen atoms in total. The summed E-state index contributed by atoms with van der Waals surface area (Å²) in [5, 5.41) is 11.2. The molecule has 2 aliphatic heterocycles. The number of nitro groups is 1. The first-order valence-corrected chi connectivity index (χ1v) is 11.8. The molecule has 2 heterocycles. The monoisotopic (exact) mass is 490 g/mol. The van der Waals surface area contributed by atoms with Gasteiger partial charge in [0.25, 0.3) is 5.69 Å². The molecule has 0 unspecified atom stereocenters. The van der Waals surface area contributed by atoms with E-state index in [9.17, 15) is 23.3 Å². The van der Waals surface area contributed by atoms with Gasteiger partial charge in [0.05, 0.1) is 29.6 Å². The van der Waals surface area contributed by atoms with E-state index in [0.717, 1.165) is 0 Å². The summed E-state index contributed by atoms with van der Waals surface area (Å²) in [5.74, 6) is -0.261. The first-order valence-electron chi connectivity index (χ1n) is 10.4. The fraction of sp³-hybridized carbons (Fsp3) is 0.318. The number of carbonyl (C=O) groups is 1. The van der Waals surface area contributed by atoms with Crippen molar-refractivity contribution < 1.29 is 37.1 Å². The van der Waals surface area contributed by atoms with E-state index < -0.39 is 20.9 Å². The second-order valence-electron chi connectivity index (χ2n) is 7.49. The summed E-state index contributed by atoms with van der Waals surface area (Å²) in [7, 11) is -3.60. The van der Waals surface area contributed by atoms with Crippen molar-refractivity contribution in [2.45, 2.75) is 18.1 Å². The third-order valence-electron chi connectivity index (χ3n) is 5.25. The lowest BCUT2D eigenvalue weighted by Crippen LogP contribution is -2.40. The zero-order valence-corrected chi connectivity index (χ0v) is 18.9. The van der Waals surface area contributed by atoms with E-state index in [1.54, 1.807) is 12.1 Å². The van der Waals surface area contributed by atoms with Crippen molar-refractivity contribution in [2.24, 2.45) is 0 Å². The summed E-state index contributed by atoms with van der Waals surface area (Å²) in [6, 6.07) is 8.79. The van der Waals surface area contributed by atoms with Gasteiger partial charge < -0.3 is 18.9 Å². The van der Waals surface area contributed by atoms with Crippen molar-refractivity contribution in [3.63, 3.8) is 0 Å². The SMILES string of the molecule is O=C(C=Cc1ccc(S(=O)(=O)N2CCOCC2)cc1)OCc1cc([N+](=O)[O-])cc2c1OCOC2. The summed E-state index contributed by atoms with van der Waals surface area (Å²) in [4.78, 5) is 23.0. The Morgan fingerprint density at radius 3 is 2.59 bits per heavy atom. The minimum absolute atomic E-state index is 0.00289. The normalized spacial score (nSPS) is 16.6. The van der Waals surface area contributed by atoms with Crippen molar-refractivity contribution in [2.75, 3.05) is 33.1 Å². The Morgan fingerprint density at radius 1 is 1.15 bits per heavy atom. The molecule has 2 aliphatic rings. The van der Waals surface area contributed by atoms with E-state index in [1.807, 2.05) is 0 Å². The van der Waals surface area contributed by atoms with Gasteiger partial charge in [0.2, 0.25) is 10.0 Å². The summed E-state index contributed by atoms with van der Waals surface area (Å²) in [5.41, 5.74) is 1.33. The smallest absolute Gasteiger partial charge is 0.331 e. The van der Waals surface area contributed by atoms with E-state index in [-0.39, 0.29) is 30.6 Å². The molecule has 4 rings (SSSR count). The molecule has 2 aromatic rings. The summed E-state index contributed by atoms with van der Waals surface area (Å²) >= 11 is 0. The van der Waals surface area contributed by atoms with Crippen molar-refractivity contribution in [1.29, 1.82) is 0 Å². The van der Waals surface area contributed by atoms with Gasteiger partial charge in [-0.1, -0.05) is 12.1 Å². The molecule has 0 aliphatic carbocycles. The number of rotatable bonds is 7. The van der Waals surface area contributed by atoms with Crippen LogP contribution < -0.4 is 4.74 Å². The minimum Gasteiger partial charge on any atom is -0.467 e. The molecule has 0 aromatic heterocycles. The lowest BCUT2D eigenvalue weighted by molar-refractivity contribution is -0.385. The molecule has 0 radical (unpaired) electrons. The first kappa shape index (κ1) is 23.8. The first-order chi connectivity index (χ1) is 16.3. The Hall–Kier alpha value is -3.32. The predicted molar refractivity (Wildman–Crippen MR) is 118 cm³/mol. The number of hydrogen-bond acceptors (Lipinski definition) is 9. The molecule has 0 saturated carbocycles. The molecule has 0 amide bonds. The maximum absolute atomic E-state index is 12.7. The Morgan fingerprint density at radius 2 is 1.88 bits per heavy atom. The van der Waals surface area contributed by atoms with E-state index in [2.05, 4.69) is 0 Å². The minimum atomic E-state index is -3.60. The highest BCUT2D eigenvalue weighted by atomic mass is 32.2. The second kappa shape index (κ2) is 10.3. The summed E-state index contributed by atoms with van der Waals surface area (Å²) in [6.07, 6.45) is 2.68. The number of nitrogens with zero attached hydrogens (tertiary/aromatic N) is 2. The van der Waals surface area contributed by atoms with E-state index >= 15 is 0 Å². The van der Waals surface area contributed by atoms with Crippen LogP contribution in [0.1, 0.15) is 16.7 Å². The van der Waals surface area contributed by atoms with E-state index in [1.165, 1.54) is 40.7 Å². The molecule has 2 aromatic carbocycles. The highest BCUT2D eigenvalue weighted by Gasteiger charge is 2.26. The highest BCUT2D eigenvalue weighted by molar-refractivity contribution is 7.89. The Labute approximate surface area is 195 Å². The maximum Gasteiger partial charge on any atom is 0.331 e. The van der Waals surface area contributed by atoms with Gasteiger partial charge in [-0.15, -0.1) is 0 Å². The van der Waals surface area contributed by atoms with Crippen LogP contribution in [0.2, 0.25) is 0 Å². The highest BCUT2D eigenvalue weighted by Crippen LogP contribution is 2.33. The molecular weight excluding hydrogens is 468 g/mol. The van der Waals surface area contributed by atoms with Gasteiger partial charge in [-0.3, -0.25) is 10.1 Å². The molecule has 1 fully saturated rings. The number of esters is 1. The number of non-ortho nitro benzene ring substituents is 1. The van der Waals surface area contributed by atoms with Gasteiger partial charge in [0.1, 0.15) is 12.4 Å². The molecule has 1 saturated heterocycles. The van der Waals surface area contributed by atoms with Gasteiger partial charge in [-0.25, -0.2) is 13.2 Å². The van der Waals surface area contributed by atoms with Gasteiger partial charge >= 0.3 is 5.97 Å². The van der Waals surface area contributed by atoms with Crippen LogP contribution in [-0.4, -0.2) is 56.7 Å². The third-order valence-corrected chi connectivity index (χ3v) is 7.17. The third kappa shape index (κ3) is 5.42. The van der Waals surface area contributed by atoms with Crippen LogP contribution in [0.4, 0.5) is 5.69 Å². The topological polar surface area (TPSA) is 135 Å². The standard InChI is InChI=1S/C22H22N2O9S/c25-21(32-14-18-12-19(24(26)27)11-17-13-31-15-33-22(17)18)6-3-16-1-4-20(5-2-16)34(28,29)23-7-9-30-10-8-23/h1-6,11-12H,7-10,13-15H2. The zero-order chi connectivity index (χ0) is 24.1. The average Bonchev–Trinajstić information content (AvgIpc) is 2.86. The number of nitro benzene ring substituents is 1. The predicted octanol–water partition coefficient (Wildman–Crippen LogP) is 2.24. The molecule has 0 atom stereocenters. The van der Waals surface area contributed by atoms with Crippen LogP contribution in [-0.2, 0) is 42.2 Å². The number of benzene rings is 2. The number of morpholine rings is 1. The molecule has 0 bridgehead atoms. The Bertz CT molecular complexity index is 1200. The fourth-order valence-corrected chi connectivity index (χ4v) is 4.95.